The van der Waals surface area contributed by atoms with E-state index in [0.29, 0.717) is 0 Å². The summed E-state index contributed by atoms with van der Waals surface area (Å²) in [7, 11) is 0. The molecule has 3 heterocycles. The number of nitrogens with zero attached hydrogens (tertiary/aromatic N) is 2. The fourth-order valence-electron chi connectivity index (χ4n) is 8.15. The molecule has 0 radical (unpaired) electrons. The van der Waals surface area contributed by atoms with E-state index in [-0.39, 0.29) is 0 Å². The Labute approximate surface area is 299 Å². The van der Waals surface area contributed by atoms with Crippen molar-refractivity contribution in [2.45, 2.75) is 0 Å². The van der Waals surface area contributed by atoms with E-state index >= 15 is 0 Å². The van der Waals surface area contributed by atoms with Gasteiger partial charge in [0.1, 0.15) is 0 Å². The molecule has 0 amide bonds. The monoisotopic (exact) mass is 666 g/mol. The first-order valence-corrected chi connectivity index (χ1v) is 18.2. The van der Waals surface area contributed by atoms with Gasteiger partial charge in [-0.25, -0.2) is 0 Å². The number of para-hydroxylation sites is 2. The van der Waals surface area contributed by atoms with Gasteiger partial charge in [0.25, 0.3) is 0 Å². The molecule has 0 spiro atoms. The van der Waals surface area contributed by atoms with Crippen molar-refractivity contribution in [3.8, 4) is 22.3 Å². The Balaban J connectivity index is 1.02. The summed E-state index contributed by atoms with van der Waals surface area (Å²) in [5.41, 5.74) is 12.1. The van der Waals surface area contributed by atoms with Crippen LogP contribution < -0.4 is 4.90 Å². The maximum absolute atomic E-state index is 2.44. The van der Waals surface area contributed by atoms with Gasteiger partial charge in [-0.2, -0.15) is 0 Å². The highest BCUT2D eigenvalue weighted by Crippen LogP contribution is 2.43. The van der Waals surface area contributed by atoms with Crippen LogP contribution in [0.1, 0.15) is 0 Å². The average molecular weight is 667 g/mol. The maximum atomic E-state index is 2.44. The first kappa shape index (κ1) is 28.4. The van der Waals surface area contributed by atoms with Gasteiger partial charge in [0.2, 0.25) is 0 Å². The van der Waals surface area contributed by atoms with Crippen LogP contribution in [0.15, 0.2) is 182 Å². The normalized spacial score (nSPS) is 11.9. The van der Waals surface area contributed by atoms with Crippen molar-refractivity contribution in [1.29, 1.82) is 0 Å². The van der Waals surface area contributed by atoms with Crippen LogP contribution in [0.2, 0.25) is 0 Å². The van der Waals surface area contributed by atoms with E-state index in [2.05, 4.69) is 191 Å². The Morgan fingerprint density at radius 1 is 0.333 bits per heavy atom. The zero-order valence-electron chi connectivity index (χ0n) is 27.6. The van der Waals surface area contributed by atoms with Gasteiger partial charge in [0.05, 0.1) is 16.6 Å². The molecule has 0 saturated carbocycles. The Morgan fingerprint density at radius 3 is 1.67 bits per heavy atom. The summed E-state index contributed by atoms with van der Waals surface area (Å²) in [4.78, 5) is 2.38. The Bertz CT molecular complexity index is 3060. The topological polar surface area (TPSA) is 7.65 Å². The number of hydrogen-bond acceptors (Lipinski definition) is 2. The second-order valence-electron chi connectivity index (χ2n) is 13.4. The summed E-state index contributed by atoms with van der Waals surface area (Å²) in [6.07, 6.45) is 0. The number of anilines is 3. The predicted molar refractivity (Wildman–Crippen MR) is 220 cm³/mol. The summed E-state index contributed by atoms with van der Waals surface area (Å²) in [6.45, 7) is 0. The van der Waals surface area contributed by atoms with Crippen LogP contribution in [0.5, 0.6) is 0 Å². The van der Waals surface area contributed by atoms with Crippen molar-refractivity contribution in [2.24, 2.45) is 0 Å². The third kappa shape index (κ3) is 4.35. The molecule has 3 aromatic heterocycles. The maximum Gasteiger partial charge on any atom is 0.0620 e. The summed E-state index contributed by atoms with van der Waals surface area (Å²) in [6, 6.07) is 66.6. The second-order valence-corrected chi connectivity index (χ2v) is 14.4. The van der Waals surface area contributed by atoms with Gasteiger partial charge in [-0.05, 0) is 82.9 Å². The highest BCUT2D eigenvalue weighted by atomic mass is 32.1. The van der Waals surface area contributed by atoms with Crippen LogP contribution in [0.25, 0.3) is 80.5 Å². The standard InChI is InChI=1S/C48H30N2S/c1-2-9-31(10-3-1)32-17-22-35(23-18-32)49(37-26-27-40-39-12-5-7-16-46(39)51-47(40)30-37)36-24-19-33(20-25-36)34-21-28-45-43(29-34)42-14-8-13-41-38-11-4-6-15-44(38)50(45)48(41)42/h1-30H. The van der Waals surface area contributed by atoms with E-state index in [4.69, 9.17) is 0 Å². The van der Waals surface area contributed by atoms with Gasteiger partial charge in [-0.1, -0.05) is 121 Å². The van der Waals surface area contributed by atoms with Crippen LogP contribution in [0.4, 0.5) is 17.1 Å². The number of fused-ring (bicyclic) bond motifs is 9. The fourth-order valence-corrected chi connectivity index (χ4v) is 9.29. The lowest BCUT2D eigenvalue weighted by atomic mass is 10.0. The lowest BCUT2D eigenvalue weighted by Crippen LogP contribution is -2.09. The molecule has 238 valence electrons. The molecular weight excluding hydrogens is 637 g/mol. The lowest BCUT2D eigenvalue weighted by Gasteiger charge is -2.26. The molecule has 0 aliphatic rings. The second kappa shape index (κ2) is 11.0. The molecule has 51 heavy (non-hydrogen) atoms. The molecule has 8 aromatic carbocycles. The molecular formula is C48H30N2S. The van der Waals surface area contributed by atoms with Gasteiger partial charge in [-0.3, -0.25) is 0 Å². The zero-order valence-corrected chi connectivity index (χ0v) is 28.4. The molecule has 0 aliphatic heterocycles. The van der Waals surface area contributed by atoms with Crippen LogP contribution in [-0.2, 0) is 0 Å². The average Bonchev–Trinajstić information content (AvgIpc) is 3.86. The van der Waals surface area contributed by atoms with Gasteiger partial charge in [0, 0.05) is 58.8 Å². The number of aromatic nitrogens is 1. The Hall–Kier alpha value is -6.42. The third-order valence-electron chi connectivity index (χ3n) is 10.5. The summed E-state index contributed by atoms with van der Waals surface area (Å²) in [5.74, 6) is 0. The third-order valence-corrected chi connectivity index (χ3v) is 11.7. The first-order valence-electron chi connectivity index (χ1n) is 17.4. The molecule has 0 fully saturated rings. The quantitative estimate of drug-likeness (QED) is 0.177. The van der Waals surface area contributed by atoms with E-state index in [9.17, 15) is 0 Å². The van der Waals surface area contributed by atoms with Gasteiger partial charge < -0.3 is 9.30 Å². The summed E-state index contributed by atoms with van der Waals surface area (Å²) >= 11 is 1.86. The van der Waals surface area contributed by atoms with Crippen molar-refractivity contribution in [3.05, 3.63) is 182 Å². The number of rotatable bonds is 5. The fraction of sp³-hybridized carbons (Fsp3) is 0. The van der Waals surface area contributed by atoms with E-state index in [0.717, 1.165) is 17.1 Å². The van der Waals surface area contributed by atoms with Gasteiger partial charge in [-0.15, -0.1) is 11.3 Å². The van der Waals surface area contributed by atoms with E-state index in [1.165, 1.54) is 80.5 Å². The van der Waals surface area contributed by atoms with Crippen molar-refractivity contribution >= 4 is 86.7 Å². The van der Waals surface area contributed by atoms with E-state index in [1.54, 1.807) is 0 Å². The van der Waals surface area contributed by atoms with Crippen molar-refractivity contribution in [1.82, 2.24) is 4.40 Å². The van der Waals surface area contributed by atoms with Crippen LogP contribution >= 0.6 is 11.3 Å². The summed E-state index contributed by atoms with van der Waals surface area (Å²) < 4.78 is 5.05. The Kier molecular flexibility index (Phi) is 6.16. The zero-order chi connectivity index (χ0) is 33.5. The Morgan fingerprint density at radius 2 is 0.882 bits per heavy atom. The van der Waals surface area contributed by atoms with E-state index in [1.807, 2.05) is 11.3 Å². The van der Waals surface area contributed by atoms with Crippen molar-refractivity contribution in [2.75, 3.05) is 4.90 Å². The van der Waals surface area contributed by atoms with Gasteiger partial charge in [0.15, 0.2) is 0 Å². The largest absolute Gasteiger partial charge is 0.310 e. The highest BCUT2D eigenvalue weighted by molar-refractivity contribution is 7.25. The predicted octanol–water partition coefficient (Wildman–Crippen LogP) is 14.0. The first-order chi connectivity index (χ1) is 25.3. The number of benzene rings is 8. The molecule has 0 unspecified atom stereocenters. The SMILES string of the molecule is c1ccc(-c2ccc(N(c3ccc(-c4ccc5c(c4)c4cccc6c7ccccc7n5c64)cc3)c3ccc4c(c3)sc3ccccc34)cc2)cc1. The number of thiophene rings is 1. The molecule has 3 heteroatoms. The smallest absolute Gasteiger partial charge is 0.0620 e. The van der Waals surface area contributed by atoms with Crippen LogP contribution in [-0.4, -0.2) is 4.40 Å². The molecule has 0 aliphatic carbocycles. The summed E-state index contributed by atoms with van der Waals surface area (Å²) in [5, 5.41) is 7.85. The molecule has 0 atom stereocenters. The molecule has 11 rings (SSSR count). The molecule has 11 aromatic rings. The van der Waals surface area contributed by atoms with Crippen molar-refractivity contribution < 1.29 is 0 Å². The molecule has 2 nitrogen and oxygen atoms in total. The van der Waals surface area contributed by atoms with Crippen LogP contribution in [0.3, 0.4) is 0 Å². The number of hydrogen-bond donors (Lipinski definition) is 0. The highest BCUT2D eigenvalue weighted by Gasteiger charge is 2.18. The van der Waals surface area contributed by atoms with Crippen LogP contribution in [0, 0.1) is 0 Å². The minimum Gasteiger partial charge on any atom is -0.310 e. The minimum absolute atomic E-state index is 1.13. The molecule has 0 saturated heterocycles. The lowest BCUT2D eigenvalue weighted by molar-refractivity contribution is 1.29. The van der Waals surface area contributed by atoms with Crippen molar-refractivity contribution in [3.63, 3.8) is 0 Å². The minimum atomic E-state index is 1.13. The van der Waals surface area contributed by atoms with Gasteiger partial charge >= 0.3 is 0 Å². The van der Waals surface area contributed by atoms with E-state index < -0.39 is 0 Å². The molecule has 0 bridgehead atoms. The molecule has 0 N–H and O–H groups in total.